The molecule has 0 N–H and O–H groups in total. The van der Waals surface area contributed by atoms with Gasteiger partial charge in [0.05, 0.1) is 0 Å². The molecule has 15 heavy (non-hydrogen) atoms. The highest BCUT2D eigenvalue weighted by Gasteiger charge is 1.99. The number of nitrogens with zero attached hydrogens (tertiary/aromatic N) is 1. The molecule has 84 valence electrons. The van der Waals surface area contributed by atoms with E-state index in [1.54, 1.807) is 0 Å². The normalized spacial score (nSPS) is 11.3. The third-order valence-electron chi connectivity index (χ3n) is 2.72. The third kappa shape index (κ3) is 4.48. The van der Waals surface area contributed by atoms with Crippen molar-refractivity contribution in [2.75, 3.05) is 20.6 Å². The molecule has 0 saturated heterocycles. The summed E-state index contributed by atoms with van der Waals surface area (Å²) in [4.78, 5) is 2.24. The van der Waals surface area contributed by atoms with Gasteiger partial charge in [-0.3, -0.25) is 0 Å². The Balaban J connectivity index is 2.43. The highest BCUT2D eigenvalue weighted by Crippen LogP contribution is 2.15. The van der Waals surface area contributed by atoms with Crippen molar-refractivity contribution in [3.05, 3.63) is 35.4 Å². The summed E-state index contributed by atoms with van der Waals surface area (Å²) in [6.07, 6.45) is 2.44. The van der Waals surface area contributed by atoms with Gasteiger partial charge >= 0.3 is 0 Å². The third-order valence-corrected chi connectivity index (χ3v) is 2.72. The van der Waals surface area contributed by atoms with Crippen LogP contribution in [0.2, 0.25) is 0 Å². The molecule has 0 aliphatic carbocycles. The Kier molecular flexibility index (Phi) is 4.83. The second kappa shape index (κ2) is 5.92. The van der Waals surface area contributed by atoms with E-state index in [1.807, 2.05) is 0 Å². The second-order valence-corrected chi connectivity index (χ2v) is 4.80. The van der Waals surface area contributed by atoms with Crippen LogP contribution in [0.15, 0.2) is 24.3 Å². The molecular weight excluding hydrogens is 182 g/mol. The van der Waals surface area contributed by atoms with Gasteiger partial charge in [0.15, 0.2) is 0 Å². The summed E-state index contributed by atoms with van der Waals surface area (Å²) in [6, 6.07) is 9.06. The van der Waals surface area contributed by atoms with Crippen molar-refractivity contribution in [1.29, 1.82) is 0 Å². The lowest BCUT2D eigenvalue weighted by atomic mass is 10.0. The summed E-state index contributed by atoms with van der Waals surface area (Å²) in [6.45, 7) is 5.65. The first-order chi connectivity index (χ1) is 7.09. The average molecular weight is 205 g/mol. The van der Waals surface area contributed by atoms with Crippen molar-refractivity contribution in [3.63, 3.8) is 0 Å². The summed E-state index contributed by atoms with van der Waals surface area (Å²) < 4.78 is 0. The van der Waals surface area contributed by atoms with Crippen LogP contribution in [0.5, 0.6) is 0 Å². The number of rotatable bonds is 5. The number of benzene rings is 1. The van der Waals surface area contributed by atoms with E-state index >= 15 is 0 Å². The van der Waals surface area contributed by atoms with Crippen LogP contribution in [-0.2, 0) is 6.42 Å². The first-order valence-corrected chi connectivity index (χ1v) is 5.83. The molecule has 0 unspecified atom stereocenters. The van der Waals surface area contributed by atoms with Gasteiger partial charge in [-0.1, -0.05) is 38.1 Å². The molecule has 1 rings (SSSR count). The Bertz CT molecular complexity index is 272. The molecule has 0 aromatic heterocycles. The van der Waals surface area contributed by atoms with Crippen molar-refractivity contribution < 1.29 is 0 Å². The van der Waals surface area contributed by atoms with Gasteiger partial charge in [0.1, 0.15) is 0 Å². The van der Waals surface area contributed by atoms with Crippen LogP contribution in [0.3, 0.4) is 0 Å². The fourth-order valence-electron chi connectivity index (χ4n) is 1.67. The van der Waals surface area contributed by atoms with E-state index in [1.165, 1.54) is 30.5 Å². The second-order valence-electron chi connectivity index (χ2n) is 4.80. The number of hydrogen-bond donors (Lipinski definition) is 0. The monoisotopic (exact) mass is 205 g/mol. The standard InChI is InChI=1S/C14H23N/c1-12(2)14-9-7-13(8-10-14)6-5-11-15(3)4/h7-10,12H,5-6,11H2,1-4H3. The minimum Gasteiger partial charge on any atom is -0.309 e. The summed E-state index contributed by atoms with van der Waals surface area (Å²) in [7, 11) is 4.25. The summed E-state index contributed by atoms with van der Waals surface area (Å²) in [5.41, 5.74) is 2.90. The van der Waals surface area contributed by atoms with E-state index in [4.69, 9.17) is 0 Å². The predicted molar refractivity (Wildman–Crippen MR) is 67.4 cm³/mol. The van der Waals surface area contributed by atoms with Crippen LogP contribution in [0, 0.1) is 0 Å². The Morgan fingerprint density at radius 1 is 1.07 bits per heavy atom. The summed E-state index contributed by atoms with van der Waals surface area (Å²) >= 11 is 0. The molecule has 1 aromatic carbocycles. The van der Waals surface area contributed by atoms with E-state index in [2.05, 4.69) is 57.1 Å². The Labute approximate surface area is 94.1 Å². The quantitative estimate of drug-likeness (QED) is 0.713. The van der Waals surface area contributed by atoms with E-state index in [-0.39, 0.29) is 0 Å². The predicted octanol–water partition coefficient (Wildman–Crippen LogP) is 3.30. The van der Waals surface area contributed by atoms with Gasteiger partial charge in [0.25, 0.3) is 0 Å². The van der Waals surface area contributed by atoms with Gasteiger partial charge < -0.3 is 4.90 Å². The van der Waals surface area contributed by atoms with Crippen molar-refractivity contribution in [2.45, 2.75) is 32.6 Å². The Morgan fingerprint density at radius 3 is 2.13 bits per heavy atom. The molecular formula is C14H23N. The average Bonchev–Trinajstić information content (AvgIpc) is 2.18. The van der Waals surface area contributed by atoms with Crippen LogP contribution >= 0.6 is 0 Å². The van der Waals surface area contributed by atoms with Crippen LogP contribution in [0.25, 0.3) is 0 Å². The molecule has 0 atom stereocenters. The van der Waals surface area contributed by atoms with Gasteiger partial charge in [0, 0.05) is 0 Å². The molecule has 1 heteroatoms. The number of hydrogen-bond acceptors (Lipinski definition) is 1. The fraction of sp³-hybridized carbons (Fsp3) is 0.571. The molecule has 0 amide bonds. The zero-order valence-corrected chi connectivity index (χ0v) is 10.5. The highest BCUT2D eigenvalue weighted by atomic mass is 15.0. The highest BCUT2D eigenvalue weighted by molar-refractivity contribution is 5.24. The zero-order valence-electron chi connectivity index (χ0n) is 10.5. The summed E-state index contributed by atoms with van der Waals surface area (Å²) in [5, 5.41) is 0. The fourth-order valence-corrected chi connectivity index (χ4v) is 1.67. The van der Waals surface area contributed by atoms with Crippen molar-refractivity contribution >= 4 is 0 Å². The first-order valence-electron chi connectivity index (χ1n) is 5.83. The number of aryl methyl sites for hydroxylation is 1. The van der Waals surface area contributed by atoms with Crippen molar-refractivity contribution in [1.82, 2.24) is 4.90 Å². The van der Waals surface area contributed by atoms with E-state index in [0.717, 1.165) is 0 Å². The van der Waals surface area contributed by atoms with Gasteiger partial charge in [-0.05, 0) is 50.5 Å². The molecule has 0 bridgehead atoms. The molecule has 0 spiro atoms. The molecule has 0 fully saturated rings. The molecule has 1 nitrogen and oxygen atoms in total. The SMILES string of the molecule is CC(C)c1ccc(CCCN(C)C)cc1. The van der Waals surface area contributed by atoms with Crippen molar-refractivity contribution in [2.24, 2.45) is 0 Å². The lowest BCUT2D eigenvalue weighted by Crippen LogP contribution is -2.13. The maximum Gasteiger partial charge on any atom is -0.00217 e. The lowest BCUT2D eigenvalue weighted by Gasteiger charge is -2.10. The minimum atomic E-state index is 0.640. The first kappa shape index (κ1) is 12.3. The minimum absolute atomic E-state index is 0.640. The zero-order chi connectivity index (χ0) is 11.3. The molecule has 0 radical (unpaired) electrons. The molecule has 0 heterocycles. The van der Waals surface area contributed by atoms with Gasteiger partial charge in [-0.15, -0.1) is 0 Å². The molecule has 1 aromatic rings. The Morgan fingerprint density at radius 2 is 1.67 bits per heavy atom. The molecule has 0 aliphatic heterocycles. The topological polar surface area (TPSA) is 3.24 Å². The van der Waals surface area contributed by atoms with E-state index < -0.39 is 0 Å². The Hall–Kier alpha value is -0.820. The van der Waals surface area contributed by atoms with Crippen LogP contribution < -0.4 is 0 Å². The molecule has 0 saturated carbocycles. The maximum absolute atomic E-state index is 2.27. The van der Waals surface area contributed by atoms with Gasteiger partial charge in [-0.25, -0.2) is 0 Å². The molecule has 0 aliphatic rings. The van der Waals surface area contributed by atoms with E-state index in [9.17, 15) is 0 Å². The van der Waals surface area contributed by atoms with Crippen LogP contribution in [-0.4, -0.2) is 25.5 Å². The lowest BCUT2D eigenvalue weighted by molar-refractivity contribution is 0.400. The van der Waals surface area contributed by atoms with Crippen molar-refractivity contribution in [3.8, 4) is 0 Å². The van der Waals surface area contributed by atoms with E-state index in [0.29, 0.717) is 5.92 Å². The smallest absolute Gasteiger partial charge is 0.00217 e. The maximum atomic E-state index is 2.27. The van der Waals surface area contributed by atoms with Gasteiger partial charge in [0.2, 0.25) is 0 Å². The van der Waals surface area contributed by atoms with Crippen LogP contribution in [0.4, 0.5) is 0 Å². The largest absolute Gasteiger partial charge is 0.309 e. The van der Waals surface area contributed by atoms with Crippen LogP contribution in [0.1, 0.15) is 37.3 Å². The summed E-state index contributed by atoms with van der Waals surface area (Å²) in [5.74, 6) is 0.640. The van der Waals surface area contributed by atoms with Gasteiger partial charge in [-0.2, -0.15) is 0 Å².